The maximum atomic E-state index is 9.55. The number of thiazole rings is 1. The number of hydrogen-bond acceptors (Lipinski definition) is 4. The molecule has 29 heavy (non-hydrogen) atoms. The molecular formula is C24H16IN3S. The predicted molar refractivity (Wildman–Crippen MR) is 129 cm³/mol. The van der Waals surface area contributed by atoms with Crippen molar-refractivity contribution in [2.45, 2.75) is 0 Å². The summed E-state index contributed by atoms with van der Waals surface area (Å²) in [7, 11) is 0. The molecule has 1 aromatic heterocycles. The van der Waals surface area contributed by atoms with Crippen LogP contribution < -0.4 is 5.32 Å². The van der Waals surface area contributed by atoms with Gasteiger partial charge in [0.05, 0.1) is 5.69 Å². The van der Waals surface area contributed by atoms with E-state index in [1.54, 1.807) is 6.20 Å². The summed E-state index contributed by atoms with van der Waals surface area (Å²) < 4.78 is 1.17. The van der Waals surface area contributed by atoms with E-state index in [9.17, 15) is 5.26 Å². The van der Waals surface area contributed by atoms with Crippen molar-refractivity contribution in [1.29, 1.82) is 5.26 Å². The second-order valence-electron chi connectivity index (χ2n) is 6.30. The zero-order valence-electron chi connectivity index (χ0n) is 15.3. The highest BCUT2D eigenvalue weighted by molar-refractivity contribution is 14.1. The van der Waals surface area contributed by atoms with Gasteiger partial charge in [-0.1, -0.05) is 54.6 Å². The fourth-order valence-corrected chi connectivity index (χ4v) is 3.99. The van der Waals surface area contributed by atoms with E-state index >= 15 is 0 Å². The Balaban J connectivity index is 1.53. The van der Waals surface area contributed by atoms with Gasteiger partial charge < -0.3 is 5.32 Å². The van der Waals surface area contributed by atoms with Gasteiger partial charge in [-0.3, -0.25) is 0 Å². The summed E-state index contributed by atoms with van der Waals surface area (Å²) >= 11 is 3.74. The first-order chi connectivity index (χ1) is 14.2. The van der Waals surface area contributed by atoms with Crippen molar-refractivity contribution in [3.8, 4) is 28.5 Å². The average molecular weight is 505 g/mol. The van der Waals surface area contributed by atoms with E-state index in [-0.39, 0.29) is 0 Å². The van der Waals surface area contributed by atoms with Crippen molar-refractivity contribution in [1.82, 2.24) is 4.98 Å². The molecule has 4 rings (SSSR count). The van der Waals surface area contributed by atoms with Crippen LogP contribution in [0.5, 0.6) is 0 Å². The fourth-order valence-electron chi connectivity index (χ4n) is 2.84. The Kier molecular flexibility index (Phi) is 6.03. The quantitative estimate of drug-likeness (QED) is 0.233. The Labute approximate surface area is 187 Å². The average Bonchev–Trinajstić information content (AvgIpc) is 3.26. The molecule has 0 fully saturated rings. The molecule has 0 saturated carbocycles. The standard InChI is InChI=1S/C24H16IN3S/c25-21-10-12-22(13-11-21)27-15-20(14-26)24-28-23(16-29-24)19-8-6-18(7-9-19)17-4-2-1-3-5-17/h1-13,15-16,27H/b20-15+. The summed E-state index contributed by atoms with van der Waals surface area (Å²) in [5, 5.41) is 15.4. The van der Waals surface area contributed by atoms with Gasteiger partial charge in [0.2, 0.25) is 0 Å². The first kappa shape index (κ1) is 19.4. The SMILES string of the molecule is N#C/C(=C\Nc1ccc(I)cc1)c1nc(-c2ccc(-c3ccccc3)cc2)cs1. The van der Waals surface area contributed by atoms with E-state index in [4.69, 9.17) is 0 Å². The number of nitrogens with zero attached hydrogens (tertiary/aromatic N) is 2. The lowest BCUT2D eigenvalue weighted by atomic mass is 10.0. The predicted octanol–water partition coefficient (Wildman–Crippen LogP) is 7.06. The number of nitrogens with one attached hydrogen (secondary N) is 1. The van der Waals surface area contributed by atoms with Crippen molar-refractivity contribution in [2.75, 3.05) is 5.32 Å². The largest absolute Gasteiger partial charge is 0.360 e. The van der Waals surface area contributed by atoms with Crippen LogP contribution in [0, 0.1) is 14.9 Å². The number of hydrogen-bond donors (Lipinski definition) is 1. The molecule has 140 valence electrons. The number of rotatable bonds is 5. The molecule has 0 bridgehead atoms. The van der Waals surface area contributed by atoms with Crippen LogP contribution in [0.25, 0.3) is 28.0 Å². The third-order valence-electron chi connectivity index (χ3n) is 4.37. The molecule has 0 amide bonds. The van der Waals surface area contributed by atoms with Crippen molar-refractivity contribution in [3.63, 3.8) is 0 Å². The van der Waals surface area contributed by atoms with E-state index < -0.39 is 0 Å². The highest BCUT2D eigenvalue weighted by Crippen LogP contribution is 2.28. The van der Waals surface area contributed by atoms with Crippen LogP contribution >= 0.6 is 33.9 Å². The smallest absolute Gasteiger partial charge is 0.136 e. The fraction of sp³-hybridized carbons (Fsp3) is 0. The molecule has 3 nitrogen and oxygen atoms in total. The van der Waals surface area contributed by atoms with Crippen LogP contribution in [0.3, 0.4) is 0 Å². The first-order valence-electron chi connectivity index (χ1n) is 8.97. The molecule has 3 aromatic carbocycles. The van der Waals surface area contributed by atoms with Gasteiger partial charge in [-0.05, 0) is 58.0 Å². The molecule has 1 heterocycles. The molecule has 4 aromatic rings. The van der Waals surface area contributed by atoms with Crippen LogP contribution in [0.15, 0.2) is 90.4 Å². The van der Waals surface area contributed by atoms with Gasteiger partial charge >= 0.3 is 0 Å². The van der Waals surface area contributed by atoms with E-state index in [1.807, 2.05) is 47.8 Å². The normalized spacial score (nSPS) is 11.1. The topological polar surface area (TPSA) is 48.7 Å². The zero-order valence-corrected chi connectivity index (χ0v) is 18.3. The monoisotopic (exact) mass is 505 g/mol. The minimum absolute atomic E-state index is 0.515. The van der Waals surface area contributed by atoms with Gasteiger partial charge in [-0.2, -0.15) is 5.26 Å². The summed E-state index contributed by atoms with van der Waals surface area (Å²) in [5.74, 6) is 0. The second kappa shape index (κ2) is 9.03. The number of benzene rings is 3. The number of halogens is 1. The van der Waals surface area contributed by atoms with Crippen molar-refractivity contribution in [3.05, 3.63) is 99.0 Å². The summed E-state index contributed by atoms with van der Waals surface area (Å²) in [4.78, 5) is 4.67. The molecule has 0 unspecified atom stereocenters. The van der Waals surface area contributed by atoms with Gasteiger partial charge in [0.15, 0.2) is 0 Å². The van der Waals surface area contributed by atoms with Crippen molar-refractivity contribution in [2.24, 2.45) is 0 Å². The Hall–Kier alpha value is -2.95. The van der Waals surface area contributed by atoms with E-state index in [1.165, 1.54) is 26.0 Å². The summed E-state index contributed by atoms with van der Waals surface area (Å²) in [5.41, 5.74) is 5.72. The van der Waals surface area contributed by atoms with Crippen molar-refractivity contribution >= 4 is 45.2 Å². The summed E-state index contributed by atoms with van der Waals surface area (Å²) in [6.45, 7) is 0. The van der Waals surface area contributed by atoms with Crippen LogP contribution in [0.4, 0.5) is 5.69 Å². The van der Waals surface area contributed by atoms with E-state index in [0.29, 0.717) is 10.6 Å². The van der Waals surface area contributed by atoms with Crippen molar-refractivity contribution < 1.29 is 0 Å². The summed E-state index contributed by atoms with van der Waals surface area (Å²) in [6.07, 6.45) is 1.71. The molecular weight excluding hydrogens is 489 g/mol. The van der Waals surface area contributed by atoms with Crippen LogP contribution in [-0.4, -0.2) is 4.98 Å². The van der Waals surface area contributed by atoms with E-state index in [0.717, 1.165) is 16.9 Å². The third-order valence-corrected chi connectivity index (χ3v) is 5.96. The first-order valence-corrected chi connectivity index (χ1v) is 10.9. The third kappa shape index (κ3) is 4.73. The number of allylic oxidation sites excluding steroid dienone is 1. The van der Waals surface area contributed by atoms with Gasteiger partial charge in [-0.25, -0.2) is 4.98 Å². The van der Waals surface area contributed by atoms with Crippen LogP contribution in [0.1, 0.15) is 5.01 Å². The highest BCUT2D eigenvalue weighted by atomic mass is 127. The van der Waals surface area contributed by atoms with Gasteiger partial charge in [-0.15, -0.1) is 11.3 Å². The second-order valence-corrected chi connectivity index (χ2v) is 8.41. The Morgan fingerprint density at radius 1 is 0.897 bits per heavy atom. The van der Waals surface area contributed by atoms with Gasteiger partial charge in [0.1, 0.15) is 16.6 Å². The number of anilines is 1. The zero-order chi connectivity index (χ0) is 20.1. The molecule has 0 aliphatic heterocycles. The lowest BCUT2D eigenvalue weighted by molar-refractivity contribution is 1.36. The maximum Gasteiger partial charge on any atom is 0.136 e. The lowest BCUT2D eigenvalue weighted by Gasteiger charge is -2.03. The summed E-state index contributed by atoms with van der Waals surface area (Å²) in [6, 6.07) is 28.9. The Morgan fingerprint density at radius 2 is 1.55 bits per heavy atom. The molecule has 5 heteroatoms. The molecule has 0 aliphatic carbocycles. The molecule has 0 radical (unpaired) electrons. The van der Waals surface area contributed by atoms with Crippen LogP contribution in [0.2, 0.25) is 0 Å². The molecule has 0 aliphatic rings. The molecule has 0 spiro atoms. The number of aromatic nitrogens is 1. The van der Waals surface area contributed by atoms with Crippen LogP contribution in [-0.2, 0) is 0 Å². The molecule has 0 saturated heterocycles. The maximum absolute atomic E-state index is 9.55. The minimum Gasteiger partial charge on any atom is -0.360 e. The van der Waals surface area contributed by atoms with Gasteiger partial charge in [0.25, 0.3) is 0 Å². The molecule has 1 N–H and O–H groups in total. The lowest BCUT2D eigenvalue weighted by Crippen LogP contribution is -1.91. The Bertz CT molecular complexity index is 1170. The molecule has 0 atom stereocenters. The van der Waals surface area contributed by atoms with Gasteiger partial charge in [0, 0.05) is 26.4 Å². The number of nitriles is 1. The minimum atomic E-state index is 0.515. The highest BCUT2D eigenvalue weighted by Gasteiger charge is 2.09. The Morgan fingerprint density at radius 3 is 2.24 bits per heavy atom. The van der Waals surface area contributed by atoms with E-state index in [2.05, 4.69) is 75.4 Å².